The van der Waals surface area contributed by atoms with E-state index in [1.165, 1.54) is 10.2 Å². The molecule has 2 aromatic rings. The van der Waals surface area contributed by atoms with Gasteiger partial charge >= 0.3 is 0 Å². The highest BCUT2D eigenvalue weighted by Crippen LogP contribution is 2.25. The normalized spacial score (nSPS) is 11.7. The minimum absolute atomic E-state index is 0.0190. The van der Waals surface area contributed by atoms with Crippen molar-refractivity contribution in [2.45, 2.75) is 44.9 Å². The van der Waals surface area contributed by atoms with E-state index in [1.54, 1.807) is 11.8 Å². The fraction of sp³-hybridized carbons (Fsp3) is 0.412. The second kappa shape index (κ2) is 6.06. The largest absolute Gasteiger partial charge is 0.272 e. The lowest BCUT2D eigenvalue weighted by Crippen LogP contribution is -2.16. The van der Waals surface area contributed by atoms with Crippen molar-refractivity contribution < 1.29 is 4.79 Å². The van der Waals surface area contributed by atoms with Gasteiger partial charge in [0.25, 0.3) is 5.91 Å². The standard InChI is InChI=1S/C17H22N2OS/c1-12-10-13(2)19(18-12)16(20)11-21-15-8-6-14(7-9-15)17(3,4)5/h6-10H,11H2,1-5H3. The molecule has 0 saturated heterocycles. The minimum atomic E-state index is 0.0190. The van der Waals surface area contributed by atoms with Gasteiger partial charge in [-0.1, -0.05) is 32.9 Å². The van der Waals surface area contributed by atoms with Gasteiger partial charge in [-0.05, 0) is 43.0 Å². The monoisotopic (exact) mass is 302 g/mol. The average molecular weight is 302 g/mol. The quantitative estimate of drug-likeness (QED) is 0.796. The second-order valence-electron chi connectivity index (χ2n) is 6.30. The Bertz CT molecular complexity index is 636. The minimum Gasteiger partial charge on any atom is -0.272 e. The van der Waals surface area contributed by atoms with Gasteiger partial charge in [0, 0.05) is 10.6 Å². The summed E-state index contributed by atoms with van der Waals surface area (Å²) in [6.45, 7) is 10.4. The Morgan fingerprint density at radius 3 is 2.29 bits per heavy atom. The number of rotatable bonds is 3. The number of thioether (sulfide) groups is 1. The van der Waals surface area contributed by atoms with Crippen LogP contribution >= 0.6 is 11.8 Å². The van der Waals surface area contributed by atoms with E-state index in [4.69, 9.17) is 0 Å². The molecule has 1 heterocycles. The number of hydrogen-bond acceptors (Lipinski definition) is 3. The Labute approximate surface area is 130 Å². The Morgan fingerprint density at radius 2 is 1.81 bits per heavy atom. The molecule has 0 spiro atoms. The lowest BCUT2D eigenvalue weighted by Gasteiger charge is -2.19. The third-order valence-electron chi connectivity index (χ3n) is 3.33. The summed E-state index contributed by atoms with van der Waals surface area (Å²) in [5.41, 5.74) is 3.22. The van der Waals surface area contributed by atoms with Crippen LogP contribution in [0, 0.1) is 13.8 Å². The summed E-state index contributed by atoms with van der Waals surface area (Å²) in [6, 6.07) is 10.4. The molecule has 0 saturated carbocycles. The molecule has 0 unspecified atom stereocenters. The van der Waals surface area contributed by atoms with Gasteiger partial charge in [-0.25, -0.2) is 4.68 Å². The van der Waals surface area contributed by atoms with E-state index < -0.39 is 0 Å². The molecular weight excluding hydrogens is 280 g/mol. The van der Waals surface area contributed by atoms with Crippen LogP contribution < -0.4 is 0 Å². The number of aryl methyl sites for hydroxylation is 2. The third kappa shape index (κ3) is 3.97. The summed E-state index contributed by atoms with van der Waals surface area (Å²) in [6.07, 6.45) is 0. The van der Waals surface area contributed by atoms with Gasteiger partial charge < -0.3 is 0 Å². The highest BCUT2D eigenvalue weighted by atomic mass is 32.2. The fourth-order valence-electron chi connectivity index (χ4n) is 2.14. The van der Waals surface area contributed by atoms with Gasteiger partial charge in [-0.2, -0.15) is 5.10 Å². The van der Waals surface area contributed by atoms with Crippen molar-refractivity contribution in [1.29, 1.82) is 0 Å². The highest BCUT2D eigenvalue weighted by molar-refractivity contribution is 8.00. The van der Waals surface area contributed by atoms with Crippen LogP contribution in [-0.4, -0.2) is 21.4 Å². The maximum Gasteiger partial charge on any atom is 0.257 e. The van der Waals surface area contributed by atoms with Crippen LogP contribution in [0.2, 0.25) is 0 Å². The van der Waals surface area contributed by atoms with Gasteiger partial charge in [0.15, 0.2) is 0 Å². The molecule has 112 valence electrons. The topological polar surface area (TPSA) is 34.9 Å². The number of benzene rings is 1. The van der Waals surface area contributed by atoms with Crippen molar-refractivity contribution in [3.05, 3.63) is 47.3 Å². The van der Waals surface area contributed by atoms with E-state index in [0.717, 1.165) is 16.3 Å². The molecule has 1 aromatic heterocycles. The van der Waals surface area contributed by atoms with Gasteiger partial charge in [0.1, 0.15) is 0 Å². The lowest BCUT2D eigenvalue weighted by molar-refractivity contribution is 0.0924. The van der Waals surface area contributed by atoms with Gasteiger partial charge in [0.05, 0.1) is 11.4 Å². The molecule has 0 fully saturated rings. The molecule has 0 aliphatic rings. The molecular formula is C17H22N2OS. The number of hydrogen-bond donors (Lipinski definition) is 0. The van der Waals surface area contributed by atoms with Gasteiger partial charge in [-0.15, -0.1) is 11.8 Å². The van der Waals surface area contributed by atoms with Crippen LogP contribution in [0.4, 0.5) is 0 Å². The van der Waals surface area contributed by atoms with Crippen LogP contribution in [0.1, 0.15) is 42.5 Å². The molecule has 0 N–H and O–H groups in total. The predicted molar refractivity (Wildman–Crippen MR) is 88.2 cm³/mol. The number of aromatic nitrogens is 2. The first kappa shape index (κ1) is 15.8. The van der Waals surface area contributed by atoms with Gasteiger partial charge in [0.2, 0.25) is 0 Å². The summed E-state index contributed by atoms with van der Waals surface area (Å²) in [5.74, 6) is 0.419. The van der Waals surface area contributed by atoms with Crippen LogP contribution in [0.25, 0.3) is 0 Å². The van der Waals surface area contributed by atoms with Crippen molar-refractivity contribution >= 4 is 17.7 Å². The molecule has 4 heteroatoms. The van der Waals surface area contributed by atoms with E-state index in [2.05, 4.69) is 50.1 Å². The SMILES string of the molecule is Cc1cc(C)n(C(=O)CSc2ccc(C(C)(C)C)cc2)n1. The third-order valence-corrected chi connectivity index (χ3v) is 4.33. The van der Waals surface area contributed by atoms with Crippen molar-refractivity contribution in [3.63, 3.8) is 0 Å². The first-order valence-electron chi connectivity index (χ1n) is 7.07. The zero-order valence-electron chi connectivity index (χ0n) is 13.3. The first-order valence-corrected chi connectivity index (χ1v) is 8.06. The molecule has 21 heavy (non-hydrogen) atoms. The van der Waals surface area contributed by atoms with Crippen molar-refractivity contribution in [3.8, 4) is 0 Å². The predicted octanol–water partition coefficient (Wildman–Crippen LogP) is 4.23. The van der Waals surface area contributed by atoms with E-state index in [-0.39, 0.29) is 11.3 Å². The zero-order chi connectivity index (χ0) is 15.6. The molecule has 0 aliphatic heterocycles. The Kier molecular flexibility index (Phi) is 4.57. The van der Waals surface area contributed by atoms with Gasteiger partial charge in [-0.3, -0.25) is 4.79 Å². The molecule has 3 nitrogen and oxygen atoms in total. The van der Waals surface area contributed by atoms with E-state index in [1.807, 2.05) is 19.9 Å². The van der Waals surface area contributed by atoms with E-state index in [0.29, 0.717) is 5.75 Å². The van der Waals surface area contributed by atoms with Crippen molar-refractivity contribution in [2.24, 2.45) is 0 Å². The highest BCUT2D eigenvalue weighted by Gasteiger charge is 2.14. The van der Waals surface area contributed by atoms with Crippen LogP contribution in [-0.2, 0) is 5.41 Å². The van der Waals surface area contributed by atoms with Crippen LogP contribution in [0.3, 0.4) is 0 Å². The average Bonchev–Trinajstić information content (AvgIpc) is 2.74. The number of carbonyl (C=O) groups excluding carboxylic acids is 1. The summed E-state index contributed by atoms with van der Waals surface area (Å²) in [4.78, 5) is 13.3. The Morgan fingerprint density at radius 1 is 1.19 bits per heavy atom. The molecule has 0 radical (unpaired) electrons. The van der Waals surface area contributed by atoms with E-state index >= 15 is 0 Å². The smallest absolute Gasteiger partial charge is 0.257 e. The maximum absolute atomic E-state index is 12.2. The Balaban J connectivity index is 2.00. The van der Waals surface area contributed by atoms with Crippen molar-refractivity contribution in [1.82, 2.24) is 9.78 Å². The summed E-state index contributed by atoms with van der Waals surface area (Å²) >= 11 is 1.55. The molecule has 1 aromatic carbocycles. The first-order chi connectivity index (χ1) is 9.77. The molecule has 2 rings (SSSR count). The number of nitrogens with zero attached hydrogens (tertiary/aromatic N) is 2. The lowest BCUT2D eigenvalue weighted by atomic mass is 9.87. The zero-order valence-corrected chi connectivity index (χ0v) is 14.1. The van der Waals surface area contributed by atoms with Crippen LogP contribution in [0.15, 0.2) is 35.2 Å². The van der Waals surface area contributed by atoms with E-state index in [9.17, 15) is 4.79 Å². The molecule has 0 aliphatic carbocycles. The number of carbonyl (C=O) groups is 1. The molecule has 0 atom stereocenters. The Hall–Kier alpha value is -1.55. The second-order valence-corrected chi connectivity index (χ2v) is 7.34. The summed E-state index contributed by atoms with van der Waals surface area (Å²) < 4.78 is 1.49. The maximum atomic E-state index is 12.2. The summed E-state index contributed by atoms with van der Waals surface area (Å²) in [7, 11) is 0. The fourth-order valence-corrected chi connectivity index (χ4v) is 2.88. The van der Waals surface area contributed by atoms with Crippen molar-refractivity contribution in [2.75, 3.05) is 5.75 Å². The summed E-state index contributed by atoms with van der Waals surface area (Å²) in [5, 5.41) is 4.22. The molecule has 0 bridgehead atoms. The van der Waals surface area contributed by atoms with Crippen LogP contribution in [0.5, 0.6) is 0 Å². The molecule has 0 amide bonds.